The lowest BCUT2D eigenvalue weighted by Gasteiger charge is -2.18. The summed E-state index contributed by atoms with van der Waals surface area (Å²) in [6, 6.07) is 7.90. The van der Waals surface area contributed by atoms with Crippen LogP contribution >= 0.6 is 15.9 Å². The summed E-state index contributed by atoms with van der Waals surface area (Å²) < 4.78 is 6.20. The minimum absolute atomic E-state index is 0.541. The molecule has 0 bridgehead atoms. The van der Waals surface area contributed by atoms with Gasteiger partial charge < -0.3 is 4.74 Å². The topological polar surface area (TPSA) is 35.0 Å². The molecule has 2 heterocycles. The summed E-state index contributed by atoms with van der Waals surface area (Å²) in [6.07, 6.45) is 1.79. The zero-order chi connectivity index (χ0) is 10.3. The molecule has 0 fully saturated rings. The third-order valence-corrected chi connectivity index (χ3v) is 2.74. The quantitative estimate of drug-likeness (QED) is 0.685. The van der Waals surface area contributed by atoms with Gasteiger partial charge in [0.05, 0.1) is 5.69 Å². The van der Waals surface area contributed by atoms with Crippen molar-refractivity contribution in [1.29, 1.82) is 0 Å². The van der Waals surface area contributed by atoms with Crippen LogP contribution in [0, 0.1) is 0 Å². The van der Waals surface area contributed by atoms with Crippen LogP contribution in [0.3, 0.4) is 0 Å². The van der Waals surface area contributed by atoms with Crippen molar-refractivity contribution in [1.82, 2.24) is 9.97 Å². The zero-order valence-corrected chi connectivity index (χ0v) is 9.36. The first-order valence-electron chi connectivity index (χ1n) is 4.58. The van der Waals surface area contributed by atoms with Gasteiger partial charge in [-0.15, -0.1) is 0 Å². The summed E-state index contributed by atoms with van der Waals surface area (Å²) in [5.41, 5.74) is 3.01. The largest absolute Gasteiger partial charge is 0.488 e. The molecule has 15 heavy (non-hydrogen) atoms. The van der Waals surface area contributed by atoms with Crippen LogP contribution in [0.5, 0.6) is 5.75 Å². The van der Waals surface area contributed by atoms with Gasteiger partial charge in [-0.2, -0.15) is 0 Å². The summed E-state index contributed by atoms with van der Waals surface area (Å²) in [5.74, 6) is 0.885. The molecule has 0 aliphatic carbocycles. The number of aromatic nitrogens is 2. The lowest BCUT2D eigenvalue weighted by molar-refractivity contribution is 0.301. The van der Waals surface area contributed by atoms with E-state index in [1.54, 1.807) is 6.20 Å². The summed E-state index contributed by atoms with van der Waals surface area (Å²) in [4.78, 5) is 8.47. The van der Waals surface area contributed by atoms with E-state index in [4.69, 9.17) is 4.74 Å². The van der Waals surface area contributed by atoms with E-state index in [9.17, 15) is 0 Å². The Bertz CT molecular complexity index is 528. The molecule has 0 atom stereocenters. The minimum Gasteiger partial charge on any atom is -0.488 e. The van der Waals surface area contributed by atoms with Crippen LogP contribution < -0.4 is 4.74 Å². The first kappa shape index (κ1) is 8.85. The highest BCUT2D eigenvalue weighted by Gasteiger charge is 2.18. The molecular formula is C11H7BrN2O. The Morgan fingerprint density at radius 1 is 1.27 bits per heavy atom. The van der Waals surface area contributed by atoms with Gasteiger partial charge in [-0.25, -0.2) is 9.97 Å². The van der Waals surface area contributed by atoms with Crippen LogP contribution in [-0.4, -0.2) is 9.97 Å². The number of ether oxygens (including phenoxy) is 1. The molecule has 0 N–H and O–H groups in total. The molecule has 2 aromatic rings. The summed E-state index contributed by atoms with van der Waals surface area (Å²) in [5, 5.41) is 0. The zero-order valence-electron chi connectivity index (χ0n) is 7.77. The van der Waals surface area contributed by atoms with E-state index in [1.165, 1.54) is 0 Å². The van der Waals surface area contributed by atoms with Crippen molar-refractivity contribution in [3.8, 4) is 17.0 Å². The second-order valence-corrected chi connectivity index (χ2v) is 4.01. The minimum atomic E-state index is 0.541. The fraction of sp³-hybridized carbons (Fsp3) is 0.0909. The molecule has 0 amide bonds. The number of hydrogen-bond acceptors (Lipinski definition) is 3. The fourth-order valence-electron chi connectivity index (χ4n) is 1.67. The van der Waals surface area contributed by atoms with Crippen molar-refractivity contribution in [2.45, 2.75) is 6.61 Å². The van der Waals surface area contributed by atoms with Gasteiger partial charge in [0.2, 0.25) is 0 Å². The Hall–Kier alpha value is -1.42. The van der Waals surface area contributed by atoms with Crippen LogP contribution in [-0.2, 0) is 6.61 Å². The standard InChI is InChI=1S/C11H7BrN2O/c12-11-13-5-7-6-15-9-4-2-1-3-8(9)10(7)14-11/h1-5H,6H2. The highest BCUT2D eigenvalue weighted by atomic mass is 79.9. The second kappa shape index (κ2) is 3.31. The molecule has 0 unspecified atom stereocenters. The average Bonchev–Trinajstić information content (AvgIpc) is 2.29. The first-order chi connectivity index (χ1) is 7.34. The highest BCUT2D eigenvalue weighted by molar-refractivity contribution is 9.10. The Kier molecular flexibility index (Phi) is 1.95. The molecule has 0 spiro atoms. The van der Waals surface area contributed by atoms with Gasteiger partial charge in [0, 0.05) is 17.3 Å². The van der Waals surface area contributed by atoms with Crippen molar-refractivity contribution in [3.05, 3.63) is 40.8 Å². The molecule has 0 radical (unpaired) electrons. The molecule has 3 nitrogen and oxygen atoms in total. The first-order valence-corrected chi connectivity index (χ1v) is 5.37. The molecule has 1 aliphatic rings. The number of fused-ring (bicyclic) bond motifs is 3. The highest BCUT2D eigenvalue weighted by Crippen LogP contribution is 2.35. The van der Waals surface area contributed by atoms with Crippen molar-refractivity contribution in [3.63, 3.8) is 0 Å². The lowest BCUT2D eigenvalue weighted by atomic mass is 10.0. The summed E-state index contributed by atoms with van der Waals surface area (Å²) >= 11 is 3.28. The number of benzene rings is 1. The molecule has 1 aromatic heterocycles. The molecule has 0 saturated heterocycles. The van der Waals surface area contributed by atoms with Crippen molar-refractivity contribution in [2.75, 3.05) is 0 Å². The molecule has 74 valence electrons. The van der Waals surface area contributed by atoms with Crippen LogP contribution in [0.4, 0.5) is 0 Å². The van der Waals surface area contributed by atoms with E-state index in [1.807, 2.05) is 24.3 Å². The number of rotatable bonds is 0. The number of nitrogens with zero attached hydrogens (tertiary/aromatic N) is 2. The second-order valence-electron chi connectivity index (χ2n) is 3.30. The van der Waals surface area contributed by atoms with Gasteiger partial charge in [0.1, 0.15) is 12.4 Å². The van der Waals surface area contributed by atoms with Gasteiger partial charge in [-0.3, -0.25) is 0 Å². The van der Waals surface area contributed by atoms with Gasteiger partial charge in [-0.1, -0.05) is 12.1 Å². The van der Waals surface area contributed by atoms with Gasteiger partial charge in [0.15, 0.2) is 4.73 Å². The fourth-order valence-corrected chi connectivity index (χ4v) is 1.95. The normalized spacial score (nSPS) is 12.6. The molecule has 1 aromatic carbocycles. The van der Waals surface area contributed by atoms with E-state index in [2.05, 4.69) is 25.9 Å². The van der Waals surface area contributed by atoms with Crippen molar-refractivity contribution in [2.24, 2.45) is 0 Å². The lowest BCUT2D eigenvalue weighted by Crippen LogP contribution is -2.07. The maximum Gasteiger partial charge on any atom is 0.197 e. The SMILES string of the molecule is Brc1ncc2c(n1)-c1ccccc1OC2. The van der Waals surface area contributed by atoms with E-state index in [-0.39, 0.29) is 0 Å². The maximum atomic E-state index is 5.59. The van der Waals surface area contributed by atoms with E-state index in [0.717, 1.165) is 22.6 Å². The maximum absolute atomic E-state index is 5.59. The molecule has 3 rings (SSSR count). The van der Waals surface area contributed by atoms with Crippen molar-refractivity contribution >= 4 is 15.9 Å². The van der Waals surface area contributed by atoms with Gasteiger partial charge >= 0.3 is 0 Å². The van der Waals surface area contributed by atoms with E-state index >= 15 is 0 Å². The van der Waals surface area contributed by atoms with Crippen LogP contribution in [0.1, 0.15) is 5.56 Å². The predicted molar refractivity (Wildman–Crippen MR) is 59.5 cm³/mol. The summed E-state index contributed by atoms with van der Waals surface area (Å²) in [7, 11) is 0. The third kappa shape index (κ3) is 1.41. The molecule has 1 aliphatic heterocycles. The number of para-hydroxylation sites is 1. The average molecular weight is 263 g/mol. The van der Waals surface area contributed by atoms with E-state index in [0.29, 0.717) is 11.3 Å². The molecular weight excluding hydrogens is 256 g/mol. The molecule has 4 heteroatoms. The van der Waals surface area contributed by atoms with Crippen LogP contribution in [0.25, 0.3) is 11.3 Å². The Balaban J connectivity index is 2.28. The monoisotopic (exact) mass is 262 g/mol. The van der Waals surface area contributed by atoms with Crippen molar-refractivity contribution < 1.29 is 4.74 Å². The smallest absolute Gasteiger partial charge is 0.197 e. The number of hydrogen-bond donors (Lipinski definition) is 0. The van der Waals surface area contributed by atoms with E-state index < -0.39 is 0 Å². The Labute approximate surface area is 95.3 Å². The van der Waals surface area contributed by atoms with Crippen LogP contribution in [0.2, 0.25) is 0 Å². The Morgan fingerprint density at radius 2 is 2.13 bits per heavy atom. The number of halogens is 1. The van der Waals surface area contributed by atoms with Gasteiger partial charge in [-0.05, 0) is 28.1 Å². The van der Waals surface area contributed by atoms with Crippen LogP contribution in [0.15, 0.2) is 35.2 Å². The Morgan fingerprint density at radius 3 is 3.07 bits per heavy atom. The predicted octanol–water partition coefficient (Wildman–Crippen LogP) is 2.80. The third-order valence-electron chi connectivity index (χ3n) is 2.36. The van der Waals surface area contributed by atoms with Gasteiger partial charge in [0.25, 0.3) is 0 Å². The summed E-state index contributed by atoms with van der Waals surface area (Å²) in [6.45, 7) is 0.541. The molecule has 0 saturated carbocycles.